The van der Waals surface area contributed by atoms with Gasteiger partial charge in [0.05, 0.1) is 17.6 Å². The molecule has 1 aromatic heterocycles. The maximum atomic E-state index is 5.98. The second kappa shape index (κ2) is 4.13. The summed E-state index contributed by atoms with van der Waals surface area (Å²) >= 11 is 0. The first kappa shape index (κ1) is 10.2. The summed E-state index contributed by atoms with van der Waals surface area (Å²) in [6, 6.07) is 6.66. The molecule has 1 aromatic carbocycles. The average Bonchev–Trinajstić information content (AvgIpc) is 2.79. The molecular weight excluding hydrogens is 212 g/mol. The van der Waals surface area contributed by atoms with E-state index >= 15 is 0 Å². The van der Waals surface area contributed by atoms with Gasteiger partial charge in [0.25, 0.3) is 0 Å². The second-order valence-corrected chi connectivity index (χ2v) is 4.56. The Balaban J connectivity index is 1.89. The number of anilines is 2. The van der Waals surface area contributed by atoms with Crippen LogP contribution in [0.1, 0.15) is 19.3 Å². The van der Waals surface area contributed by atoms with Gasteiger partial charge in [0.1, 0.15) is 0 Å². The third-order valence-corrected chi connectivity index (χ3v) is 3.35. The van der Waals surface area contributed by atoms with E-state index in [0.717, 1.165) is 22.5 Å². The number of nitrogen functional groups attached to an aromatic ring is 1. The minimum Gasteiger partial charge on any atom is -0.397 e. The fourth-order valence-electron chi connectivity index (χ4n) is 2.04. The lowest BCUT2D eigenvalue weighted by Gasteiger charge is -2.28. The number of hydrogen-bond donors (Lipinski definition) is 3. The fourth-order valence-corrected chi connectivity index (χ4v) is 2.04. The topological polar surface area (TPSA) is 66.7 Å². The van der Waals surface area contributed by atoms with E-state index in [1.54, 1.807) is 0 Å². The van der Waals surface area contributed by atoms with Crippen LogP contribution >= 0.6 is 0 Å². The zero-order valence-corrected chi connectivity index (χ0v) is 9.61. The zero-order chi connectivity index (χ0) is 11.7. The highest BCUT2D eigenvalue weighted by Gasteiger charge is 2.17. The van der Waals surface area contributed by atoms with E-state index in [4.69, 9.17) is 5.73 Å². The van der Waals surface area contributed by atoms with Crippen LogP contribution in [0, 0.1) is 0 Å². The number of aromatic amines is 1. The highest BCUT2D eigenvalue weighted by Crippen LogP contribution is 2.30. The van der Waals surface area contributed by atoms with Crippen LogP contribution in [0.4, 0.5) is 11.4 Å². The number of nitrogens with one attached hydrogen (secondary N) is 2. The maximum absolute atomic E-state index is 5.98. The summed E-state index contributed by atoms with van der Waals surface area (Å²) in [6.07, 6.45) is 7.51. The Kier molecular flexibility index (Phi) is 2.48. The Bertz CT molecular complexity index is 500. The molecule has 0 radical (unpaired) electrons. The van der Waals surface area contributed by atoms with Gasteiger partial charge in [-0.15, -0.1) is 0 Å². The number of aromatic nitrogens is 2. The summed E-state index contributed by atoms with van der Waals surface area (Å²) in [6.45, 7) is 0. The Morgan fingerprint density at radius 1 is 1.29 bits per heavy atom. The van der Waals surface area contributed by atoms with Gasteiger partial charge in [-0.3, -0.25) is 5.10 Å². The fraction of sp³-hybridized carbons (Fsp3) is 0.308. The van der Waals surface area contributed by atoms with E-state index in [1.165, 1.54) is 19.3 Å². The molecular formula is C13H16N4. The molecule has 0 atom stereocenters. The number of H-pyrrole nitrogens is 1. The molecule has 1 saturated carbocycles. The summed E-state index contributed by atoms with van der Waals surface area (Å²) in [5, 5.41) is 10.3. The van der Waals surface area contributed by atoms with E-state index in [1.807, 2.05) is 24.5 Å². The van der Waals surface area contributed by atoms with E-state index in [9.17, 15) is 0 Å². The molecule has 4 nitrogen and oxygen atoms in total. The van der Waals surface area contributed by atoms with Gasteiger partial charge in [0, 0.05) is 17.8 Å². The van der Waals surface area contributed by atoms with Gasteiger partial charge in [0.2, 0.25) is 0 Å². The van der Waals surface area contributed by atoms with Crippen molar-refractivity contribution in [3.8, 4) is 11.1 Å². The van der Waals surface area contributed by atoms with Gasteiger partial charge < -0.3 is 11.1 Å². The molecule has 1 aliphatic rings. The van der Waals surface area contributed by atoms with Crippen molar-refractivity contribution in [3.63, 3.8) is 0 Å². The molecule has 4 heteroatoms. The first-order valence-electron chi connectivity index (χ1n) is 5.98. The molecule has 4 N–H and O–H groups in total. The average molecular weight is 228 g/mol. The standard InChI is InChI=1S/C13H16N4/c14-12-5-4-9(10-7-15-16-8-10)6-13(12)17-11-2-1-3-11/h4-8,11,17H,1-3,14H2,(H,15,16). The first-order chi connectivity index (χ1) is 8.33. The van der Waals surface area contributed by atoms with Crippen molar-refractivity contribution < 1.29 is 0 Å². The lowest BCUT2D eigenvalue weighted by atomic mass is 9.92. The van der Waals surface area contributed by atoms with Crippen LogP contribution in [-0.2, 0) is 0 Å². The molecule has 1 fully saturated rings. The predicted molar refractivity (Wildman–Crippen MR) is 69.7 cm³/mol. The third-order valence-electron chi connectivity index (χ3n) is 3.35. The van der Waals surface area contributed by atoms with Gasteiger partial charge in [0.15, 0.2) is 0 Å². The molecule has 3 rings (SSSR count). The van der Waals surface area contributed by atoms with E-state index in [-0.39, 0.29) is 0 Å². The van der Waals surface area contributed by atoms with Gasteiger partial charge in [-0.2, -0.15) is 5.10 Å². The van der Waals surface area contributed by atoms with Crippen LogP contribution < -0.4 is 11.1 Å². The number of nitrogens with two attached hydrogens (primary N) is 1. The molecule has 0 amide bonds. The van der Waals surface area contributed by atoms with Gasteiger partial charge >= 0.3 is 0 Å². The number of rotatable bonds is 3. The van der Waals surface area contributed by atoms with Crippen molar-refractivity contribution in [1.82, 2.24) is 10.2 Å². The number of hydrogen-bond acceptors (Lipinski definition) is 3. The lowest BCUT2D eigenvalue weighted by Crippen LogP contribution is -2.27. The van der Waals surface area contributed by atoms with E-state index in [2.05, 4.69) is 21.6 Å². The Hall–Kier alpha value is -1.97. The van der Waals surface area contributed by atoms with Crippen molar-refractivity contribution in [3.05, 3.63) is 30.6 Å². The SMILES string of the molecule is Nc1ccc(-c2cn[nH]c2)cc1NC1CCC1. The molecule has 88 valence electrons. The molecule has 0 aliphatic heterocycles. The van der Waals surface area contributed by atoms with Gasteiger partial charge in [-0.25, -0.2) is 0 Å². The Morgan fingerprint density at radius 3 is 2.82 bits per heavy atom. The van der Waals surface area contributed by atoms with Crippen LogP contribution in [0.25, 0.3) is 11.1 Å². The van der Waals surface area contributed by atoms with Crippen LogP contribution in [-0.4, -0.2) is 16.2 Å². The smallest absolute Gasteiger partial charge is 0.0582 e. The summed E-state index contributed by atoms with van der Waals surface area (Å²) in [5.41, 5.74) is 10.0. The molecule has 2 aromatic rings. The van der Waals surface area contributed by atoms with Crippen molar-refractivity contribution >= 4 is 11.4 Å². The summed E-state index contributed by atoms with van der Waals surface area (Å²) in [7, 11) is 0. The van der Waals surface area contributed by atoms with Gasteiger partial charge in [-0.05, 0) is 37.0 Å². The monoisotopic (exact) mass is 228 g/mol. The molecule has 1 aliphatic carbocycles. The molecule has 17 heavy (non-hydrogen) atoms. The Labute approximate surface area is 100 Å². The predicted octanol–water partition coefficient (Wildman–Crippen LogP) is 2.62. The van der Waals surface area contributed by atoms with Crippen LogP contribution in [0.2, 0.25) is 0 Å². The van der Waals surface area contributed by atoms with Crippen molar-refractivity contribution in [2.75, 3.05) is 11.1 Å². The van der Waals surface area contributed by atoms with Crippen LogP contribution in [0.3, 0.4) is 0 Å². The summed E-state index contributed by atoms with van der Waals surface area (Å²) in [4.78, 5) is 0. The highest BCUT2D eigenvalue weighted by molar-refractivity contribution is 5.75. The van der Waals surface area contributed by atoms with Crippen molar-refractivity contribution in [2.45, 2.75) is 25.3 Å². The highest BCUT2D eigenvalue weighted by atomic mass is 15.1. The zero-order valence-electron chi connectivity index (χ0n) is 9.61. The minimum absolute atomic E-state index is 0.594. The molecule has 0 unspecified atom stereocenters. The van der Waals surface area contributed by atoms with Crippen molar-refractivity contribution in [1.29, 1.82) is 0 Å². The largest absolute Gasteiger partial charge is 0.397 e. The van der Waals surface area contributed by atoms with Crippen LogP contribution in [0.5, 0.6) is 0 Å². The maximum Gasteiger partial charge on any atom is 0.0582 e. The minimum atomic E-state index is 0.594. The molecule has 0 saturated heterocycles. The Morgan fingerprint density at radius 2 is 2.18 bits per heavy atom. The third kappa shape index (κ3) is 1.98. The molecule has 0 bridgehead atoms. The molecule has 0 spiro atoms. The van der Waals surface area contributed by atoms with Crippen LogP contribution in [0.15, 0.2) is 30.6 Å². The lowest BCUT2D eigenvalue weighted by molar-refractivity contribution is 0.446. The van der Waals surface area contributed by atoms with E-state index < -0.39 is 0 Å². The van der Waals surface area contributed by atoms with Gasteiger partial charge in [-0.1, -0.05) is 6.07 Å². The van der Waals surface area contributed by atoms with E-state index in [0.29, 0.717) is 6.04 Å². The molecule has 1 heterocycles. The second-order valence-electron chi connectivity index (χ2n) is 4.56. The summed E-state index contributed by atoms with van der Waals surface area (Å²) in [5.74, 6) is 0. The number of benzene rings is 1. The van der Waals surface area contributed by atoms with Crippen molar-refractivity contribution in [2.24, 2.45) is 0 Å². The normalized spacial score (nSPS) is 15.5. The summed E-state index contributed by atoms with van der Waals surface area (Å²) < 4.78 is 0. The number of nitrogens with zero attached hydrogens (tertiary/aromatic N) is 1. The quantitative estimate of drug-likeness (QED) is 0.707. The first-order valence-corrected chi connectivity index (χ1v) is 5.98.